The molecule has 1 aromatic heterocycles. The molecule has 0 bridgehead atoms. The van der Waals surface area contributed by atoms with E-state index in [0.29, 0.717) is 4.64 Å². The van der Waals surface area contributed by atoms with Crippen molar-refractivity contribution in [3.05, 3.63) is 45.4 Å². The average molecular weight is 258 g/mol. The van der Waals surface area contributed by atoms with Gasteiger partial charge in [-0.15, -0.1) is 0 Å². The number of aromatic nitrogens is 2. The topological polar surface area (TPSA) is 28.7 Å². The first-order chi connectivity index (χ1) is 8.54. The third-order valence-corrected chi connectivity index (χ3v) is 3.58. The van der Waals surface area contributed by atoms with Crippen LogP contribution in [0.3, 0.4) is 0 Å². The molecule has 0 saturated carbocycles. The molecule has 0 aliphatic rings. The van der Waals surface area contributed by atoms with E-state index in [4.69, 9.17) is 12.2 Å². The second-order valence-corrected chi connectivity index (χ2v) is 5.08. The number of rotatable bonds is 2. The third-order valence-electron chi connectivity index (χ3n) is 3.23. The van der Waals surface area contributed by atoms with Crippen LogP contribution in [0.25, 0.3) is 11.3 Å². The molecule has 3 heteroatoms. The van der Waals surface area contributed by atoms with Gasteiger partial charge in [-0.3, -0.25) is 0 Å². The van der Waals surface area contributed by atoms with Crippen molar-refractivity contribution in [2.24, 2.45) is 0 Å². The van der Waals surface area contributed by atoms with Crippen LogP contribution in [0.15, 0.2) is 18.5 Å². The minimum Gasteiger partial charge on any atom is -0.346 e. The fourth-order valence-electron chi connectivity index (χ4n) is 2.55. The predicted octanol–water partition coefficient (Wildman–Crippen LogP) is 4.29. The van der Waals surface area contributed by atoms with Crippen LogP contribution in [-0.2, 0) is 6.42 Å². The quantitative estimate of drug-likeness (QED) is 0.814. The molecule has 0 aliphatic carbocycles. The summed E-state index contributed by atoms with van der Waals surface area (Å²) < 4.78 is 0.700. The summed E-state index contributed by atoms with van der Waals surface area (Å²) in [6.07, 6.45) is 2.58. The summed E-state index contributed by atoms with van der Waals surface area (Å²) in [5.41, 5.74) is 7.35. The number of H-pyrrole nitrogens is 1. The van der Waals surface area contributed by atoms with Crippen LogP contribution < -0.4 is 0 Å². The molecule has 2 nitrogen and oxygen atoms in total. The monoisotopic (exact) mass is 258 g/mol. The van der Waals surface area contributed by atoms with Crippen LogP contribution in [0, 0.1) is 25.4 Å². The first-order valence-corrected chi connectivity index (χ1v) is 6.60. The summed E-state index contributed by atoms with van der Waals surface area (Å²) in [6, 6.07) is 4.41. The summed E-state index contributed by atoms with van der Waals surface area (Å²) in [5, 5.41) is 0. The van der Waals surface area contributed by atoms with Gasteiger partial charge in [0.1, 0.15) is 4.64 Å². The number of aryl methyl sites for hydroxylation is 3. The maximum Gasteiger partial charge on any atom is 0.133 e. The lowest BCUT2D eigenvalue weighted by atomic mass is 9.94. The first kappa shape index (κ1) is 13.0. The number of nitrogens with zero attached hydrogens (tertiary/aromatic N) is 1. The normalized spacial score (nSPS) is 10.7. The lowest BCUT2D eigenvalue weighted by molar-refractivity contribution is 1.03. The molecule has 1 N–H and O–H groups in total. The second-order valence-electron chi connectivity index (χ2n) is 4.69. The Labute approximate surface area is 113 Å². The van der Waals surface area contributed by atoms with E-state index in [9.17, 15) is 0 Å². The minimum atomic E-state index is 0.700. The van der Waals surface area contributed by atoms with E-state index < -0.39 is 0 Å². The Balaban J connectivity index is 2.78. The van der Waals surface area contributed by atoms with Crippen molar-refractivity contribution in [1.82, 2.24) is 9.97 Å². The van der Waals surface area contributed by atoms with Gasteiger partial charge in [0.15, 0.2) is 0 Å². The van der Waals surface area contributed by atoms with E-state index in [1.807, 2.05) is 0 Å². The molecule has 0 aliphatic heterocycles. The van der Waals surface area contributed by atoms with E-state index in [1.165, 1.54) is 22.3 Å². The van der Waals surface area contributed by atoms with Crippen molar-refractivity contribution in [1.29, 1.82) is 0 Å². The van der Waals surface area contributed by atoms with Crippen molar-refractivity contribution < 1.29 is 0 Å². The molecule has 94 valence electrons. The average Bonchev–Trinajstić information content (AvgIpc) is 2.27. The fourth-order valence-corrected chi connectivity index (χ4v) is 2.85. The third kappa shape index (κ3) is 2.23. The summed E-state index contributed by atoms with van der Waals surface area (Å²) in [4.78, 5) is 7.44. The van der Waals surface area contributed by atoms with Gasteiger partial charge in [0.05, 0.1) is 12.0 Å². The van der Waals surface area contributed by atoms with Gasteiger partial charge in [0, 0.05) is 11.1 Å². The van der Waals surface area contributed by atoms with E-state index in [-0.39, 0.29) is 0 Å². The Morgan fingerprint density at radius 3 is 2.33 bits per heavy atom. The highest BCUT2D eigenvalue weighted by molar-refractivity contribution is 7.71. The lowest BCUT2D eigenvalue weighted by Gasteiger charge is -2.14. The largest absolute Gasteiger partial charge is 0.346 e. The van der Waals surface area contributed by atoms with Gasteiger partial charge in [-0.2, -0.15) is 0 Å². The molecule has 0 amide bonds. The highest BCUT2D eigenvalue weighted by Gasteiger charge is 2.12. The zero-order valence-corrected chi connectivity index (χ0v) is 12.1. The molecular weight excluding hydrogens is 240 g/mol. The molecule has 2 aromatic rings. The smallest absolute Gasteiger partial charge is 0.133 e. The SMILES string of the molecule is CCc1c(-c2c(C)cc(C)cc2C)[nH]cnc1=S. The van der Waals surface area contributed by atoms with Crippen molar-refractivity contribution in [3.8, 4) is 11.3 Å². The Morgan fingerprint density at radius 2 is 1.78 bits per heavy atom. The molecule has 2 rings (SSSR count). The fraction of sp³-hybridized carbons (Fsp3) is 0.333. The molecule has 0 fully saturated rings. The predicted molar refractivity (Wildman–Crippen MR) is 78.4 cm³/mol. The van der Waals surface area contributed by atoms with Crippen LogP contribution >= 0.6 is 12.2 Å². The Kier molecular flexibility index (Phi) is 3.62. The number of hydrogen-bond acceptors (Lipinski definition) is 2. The van der Waals surface area contributed by atoms with Gasteiger partial charge in [-0.05, 0) is 38.3 Å². The van der Waals surface area contributed by atoms with Gasteiger partial charge < -0.3 is 4.98 Å². The molecule has 1 heterocycles. The summed E-state index contributed by atoms with van der Waals surface area (Å²) in [7, 11) is 0. The van der Waals surface area contributed by atoms with Gasteiger partial charge in [-0.1, -0.05) is 36.8 Å². The zero-order valence-electron chi connectivity index (χ0n) is 11.3. The molecule has 1 aromatic carbocycles. The maximum atomic E-state index is 5.32. The molecule has 0 radical (unpaired) electrons. The lowest BCUT2D eigenvalue weighted by Crippen LogP contribution is -1.99. The number of nitrogens with one attached hydrogen (secondary N) is 1. The van der Waals surface area contributed by atoms with Crippen molar-refractivity contribution in [2.45, 2.75) is 34.1 Å². The number of aromatic amines is 1. The Bertz CT molecular complexity index is 618. The van der Waals surface area contributed by atoms with E-state index >= 15 is 0 Å². The standard InChI is InChI=1S/C15H18N2S/c1-5-12-14(16-8-17-15(12)18)13-10(3)6-9(2)7-11(13)4/h6-8H,5H2,1-4H3,(H,16,17,18). The number of hydrogen-bond donors (Lipinski definition) is 1. The van der Waals surface area contributed by atoms with Gasteiger partial charge >= 0.3 is 0 Å². The molecule has 18 heavy (non-hydrogen) atoms. The van der Waals surface area contributed by atoms with Crippen LogP contribution in [-0.4, -0.2) is 9.97 Å². The molecule has 0 unspecified atom stereocenters. The molecule has 0 saturated heterocycles. The summed E-state index contributed by atoms with van der Waals surface area (Å²) >= 11 is 5.32. The van der Waals surface area contributed by atoms with Crippen molar-refractivity contribution in [3.63, 3.8) is 0 Å². The molecular formula is C15H18N2S. The van der Waals surface area contributed by atoms with Crippen LogP contribution in [0.5, 0.6) is 0 Å². The highest BCUT2D eigenvalue weighted by atomic mass is 32.1. The van der Waals surface area contributed by atoms with Crippen LogP contribution in [0.2, 0.25) is 0 Å². The van der Waals surface area contributed by atoms with Gasteiger partial charge in [0.2, 0.25) is 0 Å². The molecule has 0 spiro atoms. The Hall–Kier alpha value is -1.48. The molecule has 0 atom stereocenters. The Morgan fingerprint density at radius 1 is 1.17 bits per heavy atom. The van der Waals surface area contributed by atoms with E-state index in [2.05, 4.69) is 49.8 Å². The maximum absolute atomic E-state index is 5.32. The van der Waals surface area contributed by atoms with Crippen molar-refractivity contribution in [2.75, 3.05) is 0 Å². The van der Waals surface area contributed by atoms with Crippen molar-refractivity contribution >= 4 is 12.2 Å². The summed E-state index contributed by atoms with van der Waals surface area (Å²) in [5.74, 6) is 0. The number of benzene rings is 1. The van der Waals surface area contributed by atoms with Crippen LogP contribution in [0.1, 0.15) is 29.2 Å². The minimum absolute atomic E-state index is 0.700. The zero-order chi connectivity index (χ0) is 13.3. The second kappa shape index (κ2) is 5.02. The van der Waals surface area contributed by atoms with Gasteiger partial charge in [-0.25, -0.2) is 4.98 Å². The van der Waals surface area contributed by atoms with E-state index in [0.717, 1.165) is 17.7 Å². The highest BCUT2D eigenvalue weighted by Crippen LogP contribution is 2.29. The van der Waals surface area contributed by atoms with Gasteiger partial charge in [0.25, 0.3) is 0 Å². The first-order valence-electron chi connectivity index (χ1n) is 6.19. The van der Waals surface area contributed by atoms with Crippen LogP contribution in [0.4, 0.5) is 0 Å². The summed E-state index contributed by atoms with van der Waals surface area (Å²) in [6.45, 7) is 8.53. The van der Waals surface area contributed by atoms with E-state index in [1.54, 1.807) is 6.33 Å².